The van der Waals surface area contributed by atoms with Gasteiger partial charge in [0.15, 0.2) is 5.75 Å². The molecule has 0 saturated carbocycles. The van der Waals surface area contributed by atoms with Crippen molar-refractivity contribution in [2.75, 3.05) is 13.2 Å². The van der Waals surface area contributed by atoms with Gasteiger partial charge in [0.1, 0.15) is 0 Å². The van der Waals surface area contributed by atoms with E-state index in [1.54, 1.807) is 6.92 Å². The molecule has 112 valence electrons. The molecule has 0 atom stereocenters. The third-order valence-electron chi connectivity index (χ3n) is 2.25. The van der Waals surface area contributed by atoms with E-state index in [-0.39, 0.29) is 39.6 Å². The number of amides is 1. The van der Waals surface area contributed by atoms with E-state index in [1.165, 1.54) is 0 Å². The van der Waals surface area contributed by atoms with E-state index in [2.05, 4.69) is 5.32 Å². The maximum Gasteiger partial charge on any atom is 0.238 e. The number of nitrogens with one attached hydrogen (secondary N) is 1. The van der Waals surface area contributed by atoms with Crippen LogP contribution in [0.4, 0.5) is 0 Å². The van der Waals surface area contributed by atoms with Crippen molar-refractivity contribution < 1.29 is 17.9 Å². The Bertz CT molecular complexity index is 581. The largest absolute Gasteiger partial charge is 0.490 e. The highest BCUT2D eigenvalue weighted by atomic mass is 35.5. The molecular weight excluding hydrogens is 327 g/mol. The van der Waals surface area contributed by atoms with Gasteiger partial charge >= 0.3 is 0 Å². The molecule has 0 heterocycles. The van der Waals surface area contributed by atoms with Crippen molar-refractivity contribution in [2.24, 2.45) is 5.14 Å². The first-order valence-electron chi connectivity index (χ1n) is 5.67. The van der Waals surface area contributed by atoms with Crippen LogP contribution in [-0.2, 0) is 14.8 Å². The number of rotatable bonds is 6. The summed E-state index contributed by atoms with van der Waals surface area (Å²) in [5.74, 6) is -0.0501. The Morgan fingerprint density at radius 1 is 1.35 bits per heavy atom. The van der Waals surface area contributed by atoms with E-state index in [9.17, 15) is 13.2 Å². The Balaban J connectivity index is 2.80. The van der Waals surface area contributed by atoms with Crippen LogP contribution in [-0.4, -0.2) is 27.5 Å². The Hall–Kier alpha value is -1.02. The highest BCUT2D eigenvalue weighted by molar-refractivity contribution is 7.89. The normalized spacial score (nSPS) is 11.2. The quantitative estimate of drug-likeness (QED) is 0.820. The van der Waals surface area contributed by atoms with Crippen molar-refractivity contribution in [1.29, 1.82) is 0 Å². The summed E-state index contributed by atoms with van der Waals surface area (Å²) in [5.41, 5.74) is 0. The van der Waals surface area contributed by atoms with Gasteiger partial charge in [-0.3, -0.25) is 4.79 Å². The number of benzene rings is 1. The smallest absolute Gasteiger partial charge is 0.238 e. The van der Waals surface area contributed by atoms with E-state index in [1.807, 2.05) is 0 Å². The summed E-state index contributed by atoms with van der Waals surface area (Å²) in [6.07, 6.45) is 0.136. The molecule has 0 aliphatic rings. The topological polar surface area (TPSA) is 98.5 Å². The molecule has 1 amide bonds. The van der Waals surface area contributed by atoms with Crippen LogP contribution in [0.25, 0.3) is 0 Å². The Morgan fingerprint density at radius 3 is 2.35 bits per heavy atom. The fourth-order valence-electron chi connectivity index (χ4n) is 1.37. The minimum atomic E-state index is -3.89. The predicted octanol–water partition coefficient (Wildman–Crippen LogP) is 1.55. The zero-order chi connectivity index (χ0) is 15.3. The van der Waals surface area contributed by atoms with Crippen LogP contribution in [0, 0.1) is 0 Å². The molecule has 0 bridgehead atoms. The molecule has 1 aromatic rings. The molecule has 0 fully saturated rings. The molecule has 3 N–H and O–H groups in total. The first-order chi connectivity index (χ1) is 9.25. The summed E-state index contributed by atoms with van der Waals surface area (Å²) in [5, 5.41) is 7.61. The van der Waals surface area contributed by atoms with Gasteiger partial charge in [-0.25, -0.2) is 13.6 Å². The van der Waals surface area contributed by atoms with Crippen LogP contribution in [0.1, 0.15) is 13.3 Å². The average molecular weight is 341 g/mol. The fraction of sp³-hybridized carbons (Fsp3) is 0.364. The van der Waals surface area contributed by atoms with Crippen molar-refractivity contribution in [3.8, 4) is 5.75 Å². The second-order valence-corrected chi connectivity index (χ2v) is 6.19. The summed E-state index contributed by atoms with van der Waals surface area (Å²) in [6, 6.07) is 2.29. The van der Waals surface area contributed by atoms with E-state index in [4.69, 9.17) is 33.1 Å². The zero-order valence-corrected chi connectivity index (χ0v) is 13.0. The molecule has 6 nitrogen and oxygen atoms in total. The lowest BCUT2D eigenvalue weighted by Gasteiger charge is -2.11. The third kappa shape index (κ3) is 4.82. The first-order valence-corrected chi connectivity index (χ1v) is 7.97. The second-order valence-electron chi connectivity index (χ2n) is 3.81. The third-order valence-corrected chi connectivity index (χ3v) is 3.70. The van der Waals surface area contributed by atoms with Crippen molar-refractivity contribution in [3.63, 3.8) is 0 Å². The van der Waals surface area contributed by atoms with Crippen molar-refractivity contribution in [1.82, 2.24) is 5.32 Å². The number of sulfonamides is 1. The lowest BCUT2D eigenvalue weighted by atomic mass is 10.3. The number of carbonyl (C=O) groups is 1. The minimum absolute atomic E-state index is 0.0115. The molecule has 0 aliphatic carbocycles. The van der Waals surface area contributed by atoms with E-state index in [0.29, 0.717) is 6.54 Å². The summed E-state index contributed by atoms with van der Waals surface area (Å²) in [6.45, 7) is 2.40. The van der Waals surface area contributed by atoms with E-state index in [0.717, 1.165) is 12.1 Å². The Morgan fingerprint density at radius 2 is 1.90 bits per heavy atom. The number of nitrogens with two attached hydrogens (primary N) is 1. The van der Waals surface area contributed by atoms with Crippen molar-refractivity contribution in [3.05, 3.63) is 22.2 Å². The van der Waals surface area contributed by atoms with Gasteiger partial charge in [0.2, 0.25) is 15.9 Å². The van der Waals surface area contributed by atoms with Crippen LogP contribution < -0.4 is 15.2 Å². The van der Waals surface area contributed by atoms with Gasteiger partial charge < -0.3 is 10.1 Å². The van der Waals surface area contributed by atoms with Gasteiger partial charge in [-0.1, -0.05) is 23.2 Å². The number of hydrogen-bond acceptors (Lipinski definition) is 4. The summed E-state index contributed by atoms with van der Waals surface area (Å²) in [7, 11) is -3.89. The van der Waals surface area contributed by atoms with Crippen LogP contribution in [0.15, 0.2) is 17.0 Å². The van der Waals surface area contributed by atoms with Crippen molar-refractivity contribution in [2.45, 2.75) is 18.2 Å². The SMILES string of the molecule is CCNC(=O)CCOc1c(Cl)cc(S(N)(=O)=O)cc1Cl. The summed E-state index contributed by atoms with van der Waals surface area (Å²) < 4.78 is 27.7. The molecule has 1 aromatic carbocycles. The van der Waals surface area contributed by atoms with Crippen LogP contribution in [0.5, 0.6) is 5.75 Å². The van der Waals surface area contributed by atoms with Gasteiger partial charge in [0, 0.05) is 6.54 Å². The Kier molecular flexibility index (Phi) is 6.07. The maximum atomic E-state index is 11.2. The number of hydrogen-bond donors (Lipinski definition) is 2. The van der Waals surface area contributed by atoms with E-state index < -0.39 is 10.0 Å². The standard InChI is InChI=1S/C11H14Cl2N2O4S/c1-2-15-10(16)3-4-19-11-8(12)5-7(6-9(11)13)20(14,17)18/h5-6H,2-4H2,1H3,(H,15,16)(H2,14,17,18). The molecule has 0 saturated heterocycles. The monoisotopic (exact) mass is 340 g/mol. The fourth-order valence-corrected chi connectivity index (χ4v) is 2.66. The molecular formula is C11H14Cl2N2O4S. The minimum Gasteiger partial charge on any atom is -0.490 e. The first kappa shape index (κ1) is 17.0. The number of carbonyl (C=O) groups excluding carboxylic acids is 1. The van der Waals surface area contributed by atoms with E-state index >= 15 is 0 Å². The molecule has 0 aromatic heterocycles. The van der Waals surface area contributed by atoms with Gasteiger partial charge in [-0.15, -0.1) is 0 Å². The molecule has 0 radical (unpaired) electrons. The highest BCUT2D eigenvalue weighted by Gasteiger charge is 2.16. The molecule has 20 heavy (non-hydrogen) atoms. The average Bonchev–Trinajstić information content (AvgIpc) is 2.31. The second kappa shape index (κ2) is 7.12. The lowest BCUT2D eigenvalue weighted by Crippen LogP contribution is -2.24. The molecule has 0 aliphatic heterocycles. The molecule has 1 rings (SSSR count). The molecule has 0 unspecified atom stereocenters. The van der Waals surface area contributed by atoms with Gasteiger partial charge in [-0.2, -0.15) is 0 Å². The van der Waals surface area contributed by atoms with Gasteiger partial charge in [0.25, 0.3) is 0 Å². The van der Waals surface area contributed by atoms with Crippen LogP contribution >= 0.6 is 23.2 Å². The van der Waals surface area contributed by atoms with Crippen molar-refractivity contribution >= 4 is 39.1 Å². The highest BCUT2D eigenvalue weighted by Crippen LogP contribution is 2.35. The zero-order valence-electron chi connectivity index (χ0n) is 10.7. The molecule has 0 spiro atoms. The number of halogens is 2. The Labute approximate surface area is 127 Å². The van der Waals surface area contributed by atoms with Crippen LogP contribution in [0.2, 0.25) is 10.0 Å². The lowest BCUT2D eigenvalue weighted by molar-refractivity contribution is -0.121. The van der Waals surface area contributed by atoms with Gasteiger partial charge in [-0.05, 0) is 19.1 Å². The van der Waals surface area contributed by atoms with Gasteiger partial charge in [0.05, 0.1) is 28.0 Å². The number of primary sulfonamides is 1. The predicted molar refractivity (Wildman–Crippen MR) is 76.6 cm³/mol. The number of ether oxygens (including phenoxy) is 1. The molecule has 9 heteroatoms. The summed E-state index contributed by atoms with van der Waals surface area (Å²) >= 11 is 11.8. The van der Waals surface area contributed by atoms with Crippen LogP contribution in [0.3, 0.4) is 0 Å². The maximum absolute atomic E-state index is 11.2. The summed E-state index contributed by atoms with van der Waals surface area (Å²) in [4.78, 5) is 11.0.